The molecule has 2 rings (SSSR count). The van der Waals surface area contributed by atoms with Crippen LogP contribution in [0.15, 0.2) is 12.7 Å². The van der Waals surface area contributed by atoms with E-state index in [-0.39, 0.29) is 19.9 Å². The summed E-state index contributed by atoms with van der Waals surface area (Å²) in [5.41, 5.74) is 1.17. The van der Waals surface area contributed by atoms with Gasteiger partial charge in [0.25, 0.3) is 0 Å². The van der Waals surface area contributed by atoms with Crippen molar-refractivity contribution in [3.8, 4) is 0 Å². The van der Waals surface area contributed by atoms with Gasteiger partial charge in [-0.2, -0.15) is 0 Å². The van der Waals surface area contributed by atoms with Gasteiger partial charge in [0.2, 0.25) is 0 Å². The minimum Gasteiger partial charge on any atom is -0.394 e. The third kappa shape index (κ3) is 2.06. The fourth-order valence-corrected chi connectivity index (χ4v) is 1.35. The molecule has 1 N–H and O–H groups in total. The standard InChI is InChI=1S/C8H9ClN4O2/c9-7-6-8(11-3-10-7)13(4-12-6)5-15-2-1-14/h3-4,14H,1-2,5H2. The van der Waals surface area contributed by atoms with Crippen LogP contribution in [0, 0.1) is 0 Å². The van der Waals surface area contributed by atoms with E-state index < -0.39 is 0 Å². The average molecular weight is 229 g/mol. The zero-order valence-corrected chi connectivity index (χ0v) is 8.55. The first-order valence-corrected chi connectivity index (χ1v) is 4.70. The molecule has 0 aliphatic rings. The summed E-state index contributed by atoms with van der Waals surface area (Å²) in [6.07, 6.45) is 2.94. The third-order valence-electron chi connectivity index (χ3n) is 1.82. The maximum Gasteiger partial charge on any atom is 0.166 e. The summed E-state index contributed by atoms with van der Waals surface area (Å²) in [5.74, 6) is 0. The van der Waals surface area contributed by atoms with Crippen LogP contribution < -0.4 is 0 Å². The van der Waals surface area contributed by atoms with E-state index in [0.717, 1.165) is 0 Å². The van der Waals surface area contributed by atoms with Crippen molar-refractivity contribution in [2.24, 2.45) is 0 Å². The lowest BCUT2D eigenvalue weighted by molar-refractivity contribution is 0.0499. The van der Waals surface area contributed by atoms with Crippen LogP contribution in [0.5, 0.6) is 0 Å². The number of nitrogens with zero attached hydrogens (tertiary/aromatic N) is 4. The van der Waals surface area contributed by atoms with Gasteiger partial charge in [-0.05, 0) is 0 Å². The molecule has 0 radical (unpaired) electrons. The summed E-state index contributed by atoms with van der Waals surface area (Å²) in [7, 11) is 0. The summed E-state index contributed by atoms with van der Waals surface area (Å²) < 4.78 is 6.84. The van der Waals surface area contributed by atoms with Gasteiger partial charge < -0.3 is 9.84 Å². The molecule has 15 heavy (non-hydrogen) atoms. The lowest BCUT2D eigenvalue weighted by Crippen LogP contribution is -2.05. The molecule has 0 saturated heterocycles. The van der Waals surface area contributed by atoms with Crippen LogP contribution in [0.2, 0.25) is 5.15 Å². The van der Waals surface area contributed by atoms with E-state index in [1.165, 1.54) is 6.33 Å². The Bertz CT molecular complexity index is 459. The van der Waals surface area contributed by atoms with Crippen molar-refractivity contribution in [3.05, 3.63) is 17.8 Å². The Kier molecular flexibility index (Phi) is 3.10. The van der Waals surface area contributed by atoms with Gasteiger partial charge in [-0.3, -0.25) is 4.57 Å². The summed E-state index contributed by atoms with van der Waals surface area (Å²) in [5, 5.41) is 8.88. The van der Waals surface area contributed by atoms with Crippen molar-refractivity contribution >= 4 is 22.8 Å². The highest BCUT2D eigenvalue weighted by atomic mass is 35.5. The molecule has 6 nitrogen and oxygen atoms in total. The van der Waals surface area contributed by atoms with Gasteiger partial charge in [0, 0.05) is 0 Å². The van der Waals surface area contributed by atoms with E-state index in [2.05, 4.69) is 15.0 Å². The van der Waals surface area contributed by atoms with Crippen molar-refractivity contribution in [2.75, 3.05) is 13.2 Å². The molecular weight excluding hydrogens is 220 g/mol. The molecule has 7 heteroatoms. The number of ether oxygens (including phenoxy) is 1. The zero-order chi connectivity index (χ0) is 10.7. The molecular formula is C8H9ClN4O2. The van der Waals surface area contributed by atoms with Crippen LogP contribution in [0.1, 0.15) is 0 Å². The minimum absolute atomic E-state index is 0.0115. The van der Waals surface area contributed by atoms with Gasteiger partial charge in [0.1, 0.15) is 18.6 Å². The van der Waals surface area contributed by atoms with Crippen molar-refractivity contribution < 1.29 is 9.84 Å². The first-order chi connectivity index (χ1) is 7.33. The Morgan fingerprint density at radius 2 is 2.27 bits per heavy atom. The third-order valence-corrected chi connectivity index (χ3v) is 2.10. The maximum atomic E-state index is 8.56. The van der Waals surface area contributed by atoms with Crippen LogP contribution in [0.3, 0.4) is 0 Å². The lowest BCUT2D eigenvalue weighted by atomic mass is 10.5. The van der Waals surface area contributed by atoms with E-state index in [4.69, 9.17) is 21.4 Å². The Labute approximate surface area is 90.5 Å². The van der Waals surface area contributed by atoms with Gasteiger partial charge in [-0.25, -0.2) is 15.0 Å². The SMILES string of the molecule is OCCOCn1cnc2c(Cl)ncnc21. The average Bonchev–Trinajstić information content (AvgIpc) is 2.64. The number of rotatable bonds is 4. The first kappa shape index (κ1) is 10.3. The first-order valence-electron chi connectivity index (χ1n) is 4.33. The molecule has 0 fully saturated rings. The number of imidazole rings is 1. The molecule has 0 aliphatic carbocycles. The highest BCUT2D eigenvalue weighted by Gasteiger charge is 2.07. The number of fused-ring (bicyclic) bond motifs is 1. The second kappa shape index (κ2) is 4.52. The Morgan fingerprint density at radius 3 is 3.07 bits per heavy atom. The second-order valence-electron chi connectivity index (χ2n) is 2.81. The monoisotopic (exact) mass is 228 g/mol. The van der Waals surface area contributed by atoms with E-state index >= 15 is 0 Å². The highest BCUT2D eigenvalue weighted by molar-refractivity contribution is 6.33. The molecule has 0 saturated carbocycles. The molecule has 0 bridgehead atoms. The van der Waals surface area contributed by atoms with Gasteiger partial charge >= 0.3 is 0 Å². The Morgan fingerprint density at radius 1 is 1.40 bits per heavy atom. The largest absolute Gasteiger partial charge is 0.394 e. The van der Waals surface area contributed by atoms with Crippen molar-refractivity contribution in [1.82, 2.24) is 19.5 Å². The summed E-state index contributed by atoms with van der Waals surface area (Å²) in [6, 6.07) is 0. The maximum absolute atomic E-state index is 8.56. The molecule has 0 atom stereocenters. The van der Waals surface area contributed by atoms with E-state index in [1.807, 2.05) is 0 Å². The Balaban J connectivity index is 2.25. The van der Waals surface area contributed by atoms with Crippen LogP contribution in [0.25, 0.3) is 11.2 Å². The van der Waals surface area contributed by atoms with E-state index in [9.17, 15) is 0 Å². The Hall–Kier alpha value is -1.24. The number of hydrogen-bond acceptors (Lipinski definition) is 5. The molecule has 80 valence electrons. The predicted molar refractivity (Wildman–Crippen MR) is 53.4 cm³/mol. The molecule has 0 amide bonds. The second-order valence-corrected chi connectivity index (χ2v) is 3.17. The smallest absolute Gasteiger partial charge is 0.166 e. The quantitative estimate of drug-likeness (QED) is 0.608. The number of aliphatic hydroxyl groups excluding tert-OH is 1. The fourth-order valence-electron chi connectivity index (χ4n) is 1.17. The number of halogens is 1. The van der Waals surface area contributed by atoms with Crippen LogP contribution >= 0.6 is 11.6 Å². The van der Waals surface area contributed by atoms with Gasteiger partial charge in [0.05, 0.1) is 19.5 Å². The summed E-state index contributed by atoms with van der Waals surface area (Å²) in [6.45, 7) is 0.547. The fraction of sp³-hybridized carbons (Fsp3) is 0.375. The predicted octanol–water partition coefficient (Wildman–Crippen LogP) is 0.446. The van der Waals surface area contributed by atoms with Crippen LogP contribution in [0.4, 0.5) is 0 Å². The van der Waals surface area contributed by atoms with Crippen molar-refractivity contribution in [3.63, 3.8) is 0 Å². The van der Waals surface area contributed by atoms with Crippen LogP contribution in [-0.2, 0) is 11.5 Å². The molecule has 0 unspecified atom stereocenters. The molecule has 0 aromatic carbocycles. The number of hydrogen-bond donors (Lipinski definition) is 1. The van der Waals surface area contributed by atoms with Gasteiger partial charge in [-0.1, -0.05) is 11.6 Å². The van der Waals surface area contributed by atoms with Gasteiger partial charge in [-0.15, -0.1) is 0 Å². The minimum atomic E-state index is -0.0115. The molecule has 0 spiro atoms. The van der Waals surface area contributed by atoms with Crippen LogP contribution in [-0.4, -0.2) is 37.8 Å². The lowest BCUT2D eigenvalue weighted by Gasteiger charge is -2.03. The summed E-state index contributed by atoms with van der Waals surface area (Å²) in [4.78, 5) is 11.9. The summed E-state index contributed by atoms with van der Waals surface area (Å²) >= 11 is 5.82. The van der Waals surface area contributed by atoms with E-state index in [0.29, 0.717) is 16.3 Å². The number of aromatic nitrogens is 4. The van der Waals surface area contributed by atoms with Crippen molar-refractivity contribution in [2.45, 2.75) is 6.73 Å². The zero-order valence-electron chi connectivity index (χ0n) is 7.80. The highest BCUT2D eigenvalue weighted by Crippen LogP contribution is 2.16. The van der Waals surface area contributed by atoms with Crippen molar-refractivity contribution in [1.29, 1.82) is 0 Å². The van der Waals surface area contributed by atoms with Gasteiger partial charge in [0.15, 0.2) is 10.8 Å². The molecule has 2 heterocycles. The number of aliphatic hydroxyl groups is 1. The normalized spacial score (nSPS) is 11.1. The molecule has 2 aromatic rings. The molecule has 2 aromatic heterocycles. The molecule has 0 aliphatic heterocycles. The van der Waals surface area contributed by atoms with E-state index in [1.54, 1.807) is 10.9 Å². The topological polar surface area (TPSA) is 73.1 Å².